The third-order valence-corrected chi connectivity index (χ3v) is 13.1. The van der Waals surface area contributed by atoms with Crippen molar-refractivity contribution in [2.75, 3.05) is 9.80 Å². The van der Waals surface area contributed by atoms with Crippen LogP contribution < -0.4 is 9.80 Å². The molecule has 3 nitrogen and oxygen atoms in total. The molecule has 0 radical (unpaired) electrons. The van der Waals surface area contributed by atoms with E-state index in [-0.39, 0.29) is 22.5 Å². The fourth-order valence-corrected chi connectivity index (χ4v) is 10.5. The highest BCUT2D eigenvalue weighted by Gasteiger charge is 2.26. The zero-order valence-corrected chi connectivity index (χ0v) is 33.2. The lowest BCUT2D eigenvalue weighted by atomic mass is 10.0. The monoisotopic (exact) mass is 837 g/mol. The summed E-state index contributed by atoms with van der Waals surface area (Å²) in [7, 11) is 0. The molecule has 3 aromatic heterocycles. The van der Waals surface area contributed by atoms with Gasteiger partial charge in [0.2, 0.25) is 0 Å². The van der Waals surface area contributed by atoms with Crippen LogP contribution in [-0.4, -0.2) is 4.40 Å². The molecule has 0 bridgehead atoms. The topological polar surface area (TPSA) is 10.9 Å². The minimum Gasteiger partial charge on any atom is -0.310 e. The standard InChI is InChI=1S/C54H33F4N3S/c1-30-7-13-36(14-8-30)59(39-25-34(56)24-35(57)26-39)38-17-19-40-42-18-11-32-23-50-45(29-44(32)54(42)62-51(40)28-38)41-20-22-49(52-43-5-3-4-6-47(43)61(50)53(41)52)60(37-15-9-31(2)10-16-37)48-21-12-33(55)27-46(48)58/h3-29H,1-2H3/i1D3,2D3. The lowest BCUT2D eigenvalue weighted by Crippen LogP contribution is -2.12. The molecule has 0 fully saturated rings. The van der Waals surface area contributed by atoms with Gasteiger partial charge in [-0.3, -0.25) is 0 Å². The Kier molecular flexibility index (Phi) is 6.68. The van der Waals surface area contributed by atoms with Gasteiger partial charge >= 0.3 is 0 Å². The highest BCUT2D eigenvalue weighted by atomic mass is 32.1. The molecule has 0 unspecified atom stereocenters. The molecule has 0 saturated carbocycles. The molecule has 3 heterocycles. The second-order valence-electron chi connectivity index (χ2n) is 15.5. The molecule has 0 aliphatic heterocycles. The summed E-state index contributed by atoms with van der Waals surface area (Å²) >= 11 is 1.60. The van der Waals surface area contributed by atoms with Crippen LogP contribution in [0.25, 0.3) is 69.0 Å². The summed E-state index contributed by atoms with van der Waals surface area (Å²) in [6.07, 6.45) is 0. The molecule has 0 aliphatic rings. The van der Waals surface area contributed by atoms with Gasteiger partial charge in [-0.05, 0) is 104 Å². The number of para-hydroxylation sites is 1. The Bertz CT molecular complexity index is 3990. The van der Waals surface area contributed by atoms with Crippen LogP contribution >= 0.6 is 11.3 Å². The summed E-state index contributed by atoms with van der Waals surface area (Å²) in [6, 6.07) is 45.7. The molecule has 0 spiro atoms. The lowest BCUT2D eigenvalue weighted by molar-refractivity contribution is 0.583. The van der Waals surface area contributed by atoms with Crippen molar-refractivity contribution >= 4 is 115 Å². The van der Waals surface area contributed by atoms with Gasteiger partial charge in [-0.2, -0.15) is 0 Å². The van der Waals surface area contributed by atoms with E-state index in [0.717, 1.165) is 81.2 Å². The van der Waals surface area contributed by atoms with Crippen LogP contribution in [0.5, 0.6) is 0 Å². The summed E-state index contributed by atoms with van der Waals surface area (Å²) < 4.78 is 112. The summed E-state index contributed by atoms with van der Waals surface area (Å²) in [5.74, 6) is -3.01. The molecule has 0 amide bonds. The summed E-state index contributed by atoms with van der Waals surface area (Å²) in [5.41, 5.74) is 5.65. The quantitative estimate of drug-likeness (QED) is 0.155. The van der Waals surface area contributed by atoms with Gasteiger partial charge in [0.25, 0.3) is 0 Å². The first-order valence-electron chi connectivity index (χ1n) is 22.8. The zero-order valence-electron chi connectivity index (χ0n) is 38.4. The van der Waals surface area contributed by atoms with Gasteiger partial charge in [-0.1, -0.05) is 77.9 Å². The van der Waals surface area contributed by atoms with E-state index in [1.54, 1.807) is 45.4 Å². The van der Waals surface area contributed by atoms with Gasteiger partial charge in [0, 0.05) is 84.5 Å². The van der Waals surface area contributed by atoms with Crippen molar-refractivity contribution in [3.63, 3.8) is 0 Å². The maximum absolute atomic E-state index is 16.0. The SMILES string of the molecule is [2H]C([2H])([2H])c1ccc(N(c2cc(F)cc(F)c2)c2ccc3c(c2)sc2c4cc5c6ccc(N(c7ccc(C([2H])([2H])[2H])cc7)c7ccc(F)cc7F)c7c8ccccc8n(c5cc4ccc32)c67)cc1. The first kappa shape index (κ1) is 30.6. The van der Waals surface area contributed by atoms with Crippen LogP contribution in [0.2, 0.25) is 0 Å². The van der Waals surface area contributed by atoms with Crippen molar-refractivity contribution in [1.82, 2.24) is 4.40 Å². The Morgan fingerprint density at radius 2 is 1.15 bits per heavy atom. The Hall–Kier alpha value is -7.42. The highest BCUT2D eigenvalue weighted by Crippen LogP contribution is 2.50. The van der Waals surface area contributed by atoms with Crippen molar-refractivity contribution < 1.29 is 25.8 Å². The van der Waals surface area contributed by atoms with E-state index in [1.165, 1.54) is 48.5 Å². The number of hydrogen-bond donors (Lipinski definition) is 0. The molecule has 0 saturated heterocycles. The smallest absolute Gasteiger partial charge is 0.150 e. The van der Waals surface area contributed by atoms with Crippen molar-refractivity contribution in [3.8, 4) is 0 Å². The molecule has 8 heteroatoms. The minimum absolute atomic E-state index is 0.0920. The fourth-order valence-electron chi connectivity index (χ4n) is 9.26. The number of thiophene rings is 1. The average Bonchev–Trinajstić information content (AvgIpc) is 3.96. The summed E-state index contributed by atoms with van der Waals surface area (Å²) in [5, 5.41) is 7.72. The van der Waals surface area contributed by atoms with Crippen LogP contribution in [0.4, 0.5) is 51.7 Å². The molecule has 62 heavy (non-hydrogen) atoms. The molecule has 9 aromatic carbocycles. The Labute approximate surface area is 365 Å². The van der Waals surface area contributed by atoms with Gasteiger partial charge in [-0.25, -0.2) is 17.6 Å². The largest absolute Gasteiger partial charge is 0.310 e. The number of hydrogen-bond acceptors (Lipinski definition) is 3. The van der Waals surface area contributed by atoms with Gasteiger partial charge in [-0.15, -0.1) is 11.3 Å². The molecule has 0 N–H and O–H groups in total. The minimum atomic E-state index is -2.35. The summed E-state index contributed by atoms with van der Waals surface area (Å²) in [6.45, 7) is -4.68. The number of halogens is 4. The molecule has 298 valence electrons. The van der Waals surface area contributed by atoms with E-state index >= 15 is 4.39 Å². The molecular weight excluding hydrogens is 799 g/mol. The van der Waals surface area contributed by atoms with Gasteiger partial charge < -0.3 is 14.2 Å². The van der Waals surface area contributed by atoms with E-state index in [4.69, 9.17) is 8.22 Å². The van der Waals surface area contributed by atoms with Crippen LogP contribution in [-0.2, 0) is 0 Å². The van der Waals surface area contributed by atoms with E-state index in [0.29, 0.717) is 22.7 Å². The normalized spacial score (nSPS) is 13.9. The zero-order chi connectivity index (χ0) is 47.0. The van der Waals surface area contributed by atoms with E-state index < -0.39 is 37.0 Å². The molecule has 0 aliphatic carbocycles. The van der Waals surface area contributed by atoms with Crippen molar-refractivity contribution in [2.45, 2.75) is 13.7 Å². The maximum atomic E-state index is 16.0. The predicted molar refractivity (Wildman–Crippen MR) is 250 cm³/mol. The molecule has 12 rings (SSSR count). The third kappa shape index (κ3) is 5.49. The predicted octanol–water partition coefficient (Wildman–Crippen LogP) is 16.5. The number of rotatable bonds is 6. The second-order valence-corrected chi connectivity index (χ2v) is 16.6. The first-order valence-corrected chi connectivity index (χ1v) is 20.6. The van der Waals surface area contributed by atoms with Gasteiger partial charge in [0.05, 0.1) is 33.6 Å². The first-order chi connectivity index (χ1) is 32.6. The van der Waals surface area contributed by atoms with Crippen LogP contribution in [0.15, 0.2) is 164 Å². The van der Waals surface area contributed by atoms with E-state index in [2.05, 4.69) is 28.7 Å². The fraction of sp³-hybridized carbons (Fsp3) is 0.0370. The van der Waals surface area contributed by atoms with Crippen molar-refractivity contribution in [1.29, 1.82) is 0 Å². The van der Waals surface area contributed by atoms with Crippen molar-refractivity contribution in [2.24, 2.45) is 0 Å². The average molecular weight is 838 g/mol. The number of aromatic nitrogens is 1. The maximum Gasteiger partial charge on any atom is 0.150 e. The lowest BCUT2D eigenvalue weighted by Gasteiger charge is -2.27. The summed E-state index contributed by atoms with van der Waals surface area (Å²) in [4.78, 5) is 3.41. The molecule has 12 aromatic rings. The number of benzene rings is 9. The Morgan fingerprint density at radius 1 is 0.468 bits per heavy atom. The van der Waals surface area contributed by atoms with Crippen molar-refractivity contribution in [3.05, 3.63) is 198 Å². The molecular formula is C54H33F4N3S. The van der Waals surface area contributed by atoms with E-state index in [9.17, 15) is 13.2 Å². The second kappa shape index (κ2) is 13.5. The van der Waals surface area contributed by atoms with E-state index in [1.807, 2.05) is 54.6 Å². The molecule has 0 atom stereocenters. The highest BCUT2D eigenvalue weighted by molar-refractivity contribution is 7.26. The Balaban J connectivity index is 1.06. The Morgan fingerprint density at radius 3 is 1.89 bits per heavy atom. The third-order valence-electron chi connectivity index (χ3n) is 11.9. The number of aryl methyl sites for hydroxylation is 2. The van der Waals surface area contributed by atoms with Crippen LogP contribution in [0.3, 0.4) is 0 Å². The van der Waals surface area contributed by atoms with Gasteiger partial charge in [0.1, 0.15) is 23.3 Å². The van der Waals surface area contributed by atoms with Crippen LogP contribution in [0.1, 0.15) is 19.4 Å². The van der Waals surface area contributed by atoms with Crippen LogP contribution in [0, 0.1) is 37.0 Å². The number of nitrogens with zero attached hydrogens (tertiary/aromatic N) is 3. The number of anilines is 6. The number of fused-ring (bicyclic) bond motifs is 11. The van der Waals surface area contributed by atoms with Gasteiger partial charge in [0.15, 0.2) is 0 Å².